The lowest BCUT2D eigenvalue weighted by atomic mass is 9.91. The summed E-state index contributed by atoms with van der Waals surface area (Å²) < 4.78 is 33.5. The van der Waals surface area contributed by atoms with Crippen molar-refractivity contribution < 1.29 is 23.1 Å². The summed E-state index contributed by atoms with van der Waals surface area (Å²) in [5, 5.41) is 13.4. The first-order valence-corrected chi connectivity index (χ1v) is 6.28. The molecule has 0 bridgehead atoms. The molecule has 1 N–H and O–H groups in total. The van der Waals surface area contributed by atoms with Crippen molar-refractivity contribution in [2.75, 3.05) is 13.2 Å². The van der Waals surface area contributed by atoms with Gasteiger partial charge in [-0.25, -0.2) is 8.78 Å². The molecule has 1 heterocycles. The van der Waals surface area contributed by atoms with Crippen LogP contribution >= 0.6 is 0 Å². The number of nitrogens with zero attached hydrogens (tertiary/aromatic N) is 2. The topological polar surface area (TPSA) is 68.4 Å². The third kappa shape index (κ3) is 5.20. The van der Waals surface area contributed by atoms with Crippen molar-refractivity contribution >= 4 is 0 Å². The Bertz CT molecular complexity index is 362. The Morgan fingerprint density at radius 2 is 2.00 bits per heavy atom. The molecule has 7 heteroatoms. The maximum absolute atomic E-state index is 11.8. The summed E-state index contributed by atoms with van der Waals surface area (Å²) in [7, 11) is 0. The first-order valence-electron chi connectivity index (χ1n) is 6.28. The minimum Gasteiger partial charge on any atom is -0.393 e. The molecule has 5 nitrogen and oxygen atoms in total. The molecule has 1 aromatic rings. The highest BCUT2D eigenvalue weighted by Crippen LogP contribution is 2.26. The van der Waals surface area contributed by atoms with Crippen molar-refractivity contribution in [1.82, 2.24) is 10.1 Å². The molecule has 0 spiro atoms. The van der Waals surface area contributed by atoms with Crippen LogP contribution < -0.4 is 0 Å². The van der Waals surface area contributed by atoms with Crippen LogP contribution in [0.2, 0.25) is 0 Å². The van der Waals surface area contributed by atoms with E-state index in [0.717, 1.165) is 0 Å². The van der Waals surface area contributed by atoms with E-state index < -0.39 is 19.1 Å². The fourth-order valence-electron chi connectivity index (χ4n) is 1.89. The maximum Gasteiger partial charge on any atom is 0.261 e. The molecule has 1 aromatic heterocycles. The zero-order valence-corrected chi connectivity index (χ0v) is 11.3. The van der Waals surface area contributed by atoms with Crippen LogP contribution in [0.5, 0.6) is 0 Å². The van der Waals surface area contributed by atoms with Crippen LogP contribution in [0.4, 0.5) is 8.78 Å². The van der Waals surface area contributed by atoms with Gasteiger partial charge in [0.05, 0.1) is 18.6 Å². The monoisotopic (exact) mass is 278 g/mol. The molecule has 1 rings (SSSR count). The molecule has 2 atom stereocenters. The standard InChI is InChI=1S/C12H20F2N2O3/c1-7(2)11(8(3)17)12-15-10(16-19-12)4-5-18-6-9(13)14/h7-9,11,17H,4-6H2,1-3H3. The van der Waals surface area contributed by atoms with Crippen LogP contribution in [0.1, 0.15) is 38.4 Å². The lowest BCUT2D eigenvalue weighted by molar-refractivity contribution is 0.0182. The molecule has 0 aliphatic heterocycles. The minimum absolute atomic E-state index is 0.115. The van der Waals surface area contributed by atoms with Crippen molar-refractivity contribution in [2.45, 2.75) is 45.6 Å². The maximum atomic E-state index is 11.8. The summed E-state index contributed by atoms with van der Waals surface area (Å²) in [4.78, 5) is 4.16. The van der Waals surface area contributed by atoms with Gasteiger partial charge in [-0.1, -0.05) is 19.0 Å². The van der Waals surface area contributed by atoms with Gasteiger partial charge in [0.15, 0.2) is 5.82 Å². The van der Waals surface area contributed by atoms with Gasteiger partial charge < -0.3 is 14.4 Å². The van der Waals surface area contributed by atoms with Crippen LogP contribution in [0.15, 0.2) is 4.52 Å². The van der Waals surface area contributed by atoms with E-state index >= 15 is 0 Å². The second kappa shape index (κ2) is 7.49. The number of aromatic nitrogens is 2. The molecule has 0 fully saturated rings. The number of rotatable bonds is 8. The van der Waals surface area contributed by atoms with Crippen LogP contribution in [0.3, 0.4) is 0 Å². The smallest absolute Gasteiger partial charge is 0.261 e. The van der Waals surface area contributed by atoms with Gasteiger partial charge >= 0.3 is 0 Å². The highest BCUT2D eigenvalue weighted by atomic mass is 19.3. The average Bonchev–Trinajstić information content (AvgIpc) is 2.71. The van der Waals surface area contributed by atoms with Gasteiger partial charge in [0.1, 0.15) is 6.61 Å². The second-order valence-corrected chi connectivity index (χ2v) is 4.78. The van der Waals surface area contributed by atoms with E-state index in [2.05, 4.69) is 10.1 Å². The van der Waals surface area contributed by atoms with Gasteiger partial charge in [0.25, 0.3) is 6.43 Å². The fraction of sp³-hybridized carbons (Fsp3) is 0.833. The van der Waals surface area contributed by atoms with Crippen molar-refractivity contribution in [3.8, 4) is 0 Å². The van der Waals surface area contributed by atoms with E-state index in [9.17, 15) is 13.9 Å². The number of hydrogen-bond acceptors (Lipinski definition) is 5. The van der Waals surface area contributed by atoms with Crippen molar-refractivity contribution in [2.24, 2.45) is 5.92 Å². The molecule has 0 aromatic carbocycles. The molecule has 2 unspecified atom stereocenters. The molecule has 110 valence electrons. The lowest BCUT2D eigenvalue weighted by Gasteiger charge is -2.19. The van der Waals surface area contributed by atoms with Gasteiger partial charge in [0.2, 0.25) is 5.89 Å². The van der Waals surface area contributed by atoms with Gasteiger partial charge in [-0.15, -0.1) is 0 Å². The summed E-state index contributed by atoms with van der Waals surface area (Å²) >= 11 is 0. The van der Waals surface area contributed by atoms with Crippen molar-refractivity contribution in [3.05, 3.63) is 11.7 Å². The van der Waals surface area contributed by atoms with Crippen LogP contribution in [0, 0.1) is 5.92 Å². The minimum atomic E-state index is -2.47. The Balaban J connectivity index is 2.51. The van der Waals surface area contributed by atoms with Gasteiger partial charge in [-0.2, -0.15) is 4.98 Å². The second-order valence-electron chi connectivity index (χ2n) is 4.78. The summed E-state index contributed by atoms with van der Waals surface area (Å²) in [6, 6.07) is 0. The lowest BCUT2D eigenvalue weighted by Crippen LogP contribution is -2.20. The highest BCUT2D eigenvalue weighted by molar-refractivity contribution is 4.98. The van der Waals surface area contributed by atoms with E-state index in [-0.39, 0.29) is 18.4 Å². The van der Waals surface area contributed by atoms with E-state index in [1.807, 2.05) is 13.8 Å². The van der Waals surface area contributed by atoms with E-state index in [4.69, 9.17) is 9.26 Å². The SMILES string of the molecule is CC(C)C(c1nc(CCOCC(F)F)no1)C(C)O. The summed E-state index contributed by atoms with van der Waals surface area (Å²) in [5.41, 5.74) is 0. The molecule has 0 saturated carbocycles. The molecule has 0 radical (unpaired) electrons. The van der Waals surface area contributed by atoms with Crippen LogP contribution in [-0.2, 0) is 11.2 Å². The Labute approximate surface area is 111 Å². The van der Waals surface area contributed by atoms with E-state index in [1.54, 1.807) is 6.92 Å². The molecule has 19 heavy (non-hydrogen) atoms. The molecular formula is C12H20F2N2O3. The average molecular weight is 278 g/mol. The first kappa shape index (κ1) is 16.0. The quantitative estimate of drug-likeness (QED) is 0.737. The summed E-state index contributed by atoms with van der Waals surface area (Å²) in [5.74, 6) is 0.691. The Hall–Kier alpha value is -1.08. The third-order valence-electron chi connectivity index (χ3n) is 2.72. The van der Waals surface area contributed by atoms with E-state index in [1.165, 1.54) is 0 Å². The Morgan fingerprint density at radius 1 is 1.32 bits per heavy atom. The number of ether oxygens (including phenoxy) is 1. The van der Waals surface area contributed by atoms with Crippen LogP contribution in [-0.4, -0.2) is 41.0 Å². The number of aliphatic hydroxyl groups excluding tert-OH is 1. The zero-order chi connectivity index (χ0) is 14.4. The zero-order valence-electron chi connectivity index (χ0n) is 11.3. The number of alkyl halides is 2. The number of halogens is 2. The third-order valence-corrected chi connectivity index (χ3v) is 2.72. The van der Waals surface area contributed by atoms with Gasteiger partial charge in [0, 0.05) is 6.42 Å². The van der Waals surface area contributed by atoms with Gasteiger partial charge in [-0.3, -0.25) is 0 Å². The Morgan fingerprint density at radius 3 is 2.53 bits per heavy atom. The van der Waals surface area contributed by atoms with Crippen LogP contribution in [0.25, 0.3) is 0 Å². The van der Waals surface area contributed by atoms with Crippen molar-refractivity contribution in [3.63, 3.8) is 0 Å². The van der Waals surface area contributed by atoms with Crippen molar-refractivity contribution in [1.29, 1.82) is 0 Å². The normalized spacial score (nSPS) is 15.2. The predicted molar refractivity (Wildman–Crippen MR) is 64.1 cm³/mol. The summed E-state index contributed by atoms with van der Waals surface area (Å²) in [6.07, 6.45) is -2.76. The largest absolute Gasteiger partial charge is 0.393 e. The molecule has 0 saturated heterocycles. The Kier molecular flexibility index (Phi) is 6.30. The molecule has 0 aliphatic carbocycles. The van der Waals surface area contributed by atoms with E-state index in [0.29, 0.717) is 18.1 Å². The summed E-state index contributed by atoms with van der Waals surface area (Å²) in [6.45, 7) is 5.09. The molecule has 0 aliphatic rings. The number of aliphatic hydroxyl groups is 1. The number of hydrogen-bond donors (Lipinski definition) is 1. The molecule has 0 amide bonds. The highest BCUT2D eigenvalue weighted by Gasteiger charge is 2.27. The predicted octanol–water partition coefficient (Wildman–Crippen LogP) is 2.01. The van der Waals surface area contributed by atoms with Gasteiger partial charge in [-0.05, 0) is 12.8 Å². The molecular weight excluding hydrogens is 258 g/mol. The fourth-order valence-corrected chi connectivity index (χ4v) is 1.89. The first-order chi connectivity index (χ1) is 8.91.